The van der Waals surface area contributed by atoms with Gasteiger partial charge >= 0.3 is 6.03 Å². The molecule has 0 aliphatic rings. The summed E-state index contributed by atoms with van der Waals surface area (Å²) in [6, 6.07) is 11.2. The van der Waals surface area contributed by atoms with Crippen molar-refractivity contribution < 1.29 is 18.4 Å². The van der Waals surface area contributed by atoms with Gasteiger partial charge in [-0.15, -0.1) is 0 Å². The lowest BCUT2D eigenvalue weighted by molar-refractivity contribution is -0.115. The Hall–Kier alpha value is -3.06. The molecule has 0 bridgehead atoms. The van der Waals surface area contributed by atoms with E-state index in [0.717, 1.165) is 29.3 Å². The van der Waals surface area contributed by atoms with E-state index in [-0.39, 0.29) is 35.2 Å². The molecule has 0 aliphatic carbocycles. The van der Waals surface area contributed by atoms with Crippen LogP contribution in [0, 0.1) is 18.6 Å². The molecule has 1 N–H and O–H groups in total. The summed E-state index contributed by atoms with van der Waals surface area (Å²) in [5.41, 5.74) is 1.49. The third-order valence-corrected chi connectivity index (χ3v) is 5.52. The average Bonchev–Trinajstić information content (AvgIpc) is 2.92. The second kappa shape index (κ2) is 21.8. The lowest BCUT2D eigenvalue weighted by atomic mass is 10.1. The predicted octanol–water partition coefficient (Wildman–Crippen LogP) is 9.14. The number of Topliss-reactive ketones (excluding diaryl/α,β-unsaturated/α-hetero) is 1. The number of carbonyl (C=O) groups excluding carboxylic acids is 2. The van der Waals surface area contributed by atoms with Crippen LogP contribution < -0.4 is 5.32 Å². The van der Waals surface area contributed by atoms with Crippen LogP contribution in [0.25, 0.3) is 10.8 Å². The molecule has 8 heteroatoms. The molecule has 1 aromatic heterocycles. The fourth-order valence-electron chi connectivity index (χ4n) is 3.20. The molecule has 0 spiro atoms. The van der Waals surface area contributed by atoms with E-state index >= 15 is 0 Å². The number of halogens is 3. The maximum Gasteiger partial charge on any atom is 0.317 e. The molecule has 0 radical (unpaired) electrons. The first kappa shape index (κ1) is 38.1. The van der Waals surface area contributed by atoms with Crippen LogP contribution in [0.1, 0.15) is 79.5 Å². The molecule has 3 aromatic rings. The molecule has 5 nitrogen and oxygen atoms in total. The van der Waals surface area contributed by atoms with Crippen LogP contribution in [0.15, 0.2) is 48.7 Å². The van der Waals surface area contributed by atoms with E-state index in [2.05, 4.69) is 10.3 Å². The number of ketones is 1. The number of rotatable bonds is 5. The molecule has 218 valence electrons. The maximum absolute atomic E-state index is 13.2. The smallest absolute Gasteiger partial charge is 0.317 e. The summed E-state index contributed by atoms with van der Waals surface area (Å²) in [7, 11) is 1.76. The minimum atomic E-state index is -0.471. The number of nitrogens with zero attached hydrogens (tertiary/aromatic N) is 2. The Kier molecular flexibility index (Phi) is 21.3. The molecule has 2 aromatic carbocycles. The Morgan fingerprint density at radius 3 is 2.08 bits per heavy atom. The highest BCUT2D eigenvalue weighted by Crippen LogP contribution is 2.19. The van der Waals surface area contributed by atoms with Gasteiger partial charge in [0.1, 0.15) is 17.4 Å². The van der Waals surface area contributed by atoms with Crippen LogP contribution >= 0.6 is 11.6 Å². The molecule has 0 saturated heterocycles. The van der Waals surface area contributed by atoms with E-state index in [1.54, 1.807) is 36.3 Å². The van der Waals surface area contributed by atoms with Gasteiger partial charge in [0.15, 0.2) is 0 Å². The van der Waals surface area contributed by atoms with E-state index < -0.39 is 5.82 Å². The number of pyridine rings is 1. The average molecular weight is 566 g/mol. The maximum atomic E-state index is 13.2. The Balaban J connectivity index is 0. The first-order valence-corrected chi connectivity index (χ1v) is 13.8. The monoisotopic (exact) mass is 565 g/mol. The van der Waals surface area contributed by atoms with Crippen molar-refractivity contribution in [2.75, 3.05) is 7.05 Å². The minimum Gasteiger partial charge on any atom is -0.334 e. The zero-order valence-corrected chi connectivity index (χ0v) is 25.9. The molecule has 0 unspecified atom stereocenters. The highest BCUT2D eigenvalue weighted by atomic mass is 35.5. The highest BCUT2D eigenvalue weighted by molar-refractivity contribution is 6.31. The van der Waals surface area contributed by atoms with Crippen LogP contribution in [0.2, 0.25) is 5.02 Å². The van der Waals surface area contributed by atoms with E-state index in [0.29, 0.717) is 5.56 Å². The van der Waals surface area contributed by atoms with Crippen molar-refractivity contribution in [3.63, 3.8) is 0 Å². The quantitative estimate of drug-likeness (QED) is 0.335. The minimum absolute atomic E-state index is 0.0630. The molecule has 0 fully saturated rings. The highest BCUT2D eigenvalue weighted by Gasteiger charge is 2.16. The van der Waals surface area contributed by atoms with Crippen LogP contribution in [0.3, 0.4) is 0 Å². The van der Waals surface area contributed by atoms with Crippen molar-refractivity contribution in [2.45, 2.75) is 87.7 Å². The summed E-state index contributed by atoms with van der Waals surface area (Å²) in [5, 5.41) is 4.69. The Labute approximate surface area is 239 Å². The lowest BCUT2D eigenvalue weighted by Crippen LogP contribution is -2.42. The van der Waals surface area contributed by atoms with Gasteiger partial charge in [0.25, 0.3) is 0 Å². The molecule has 39 heavy (non-hydrogen) atoms. The summed E-state index contributed by atoms with van der Waals surface area (Å²) >= 11 is 5.83. The molecule has 2 amide bonds. The van der Waals surface area contributed by atoms with Crippen molar-refractivity contribution in [3.8, 4) is 0 Å². The van der Waals surface area contributed by atoms with E-state index in [1.165, 1.54) is 32.0 Å². The number of hydrogen-bond donors (Lipinski definition) is 1. The summed E-state index contributed by atoms with van der Waals surface area (Å²) in [6.07, 6.45) is 3.56. The van der Waals surface area contributed by atoms with Gasteiger partial charge in [-0.25, -0.2) is 13.6 Å². The summed E-state index contributed by atoms with van der Waals surface area (Å²) in [4.78, 5) is 27.2. The largest absolute Gasteiger partial charge is 0.334 e. The second-order valence-corrected chi connectivity index (χ2v) is 8.56. The number of hydrogen-bond acceptors (Lipinski definition) is 3. The predicted molar refractivity (Wildman–Crippen MR) is 161 cm³/mol. The van der Waals surface area contributed by atoms with Crippen LogP contribution in [0.4, 0.5) is 13.6 Å². The zero-order valence-electron chi connectivity index (χ0n) is 25.2. The molecular formula is C31H46ClF2N3O2. The fourth-order valence-corrected chi connectivity index (χ4v) is 3.40. The molecule has 3 rings (SSSR count). The Bertz CT molecular complexity index is 1080. The van der Waals surface area contributed by atoms with Gasteiger partial charge in [-0.2, -0.15) is 0 Å². The van der Waals surface area contributed by atoms with E-state index in [1.807, 2.05) is 54.5 Å². The van der Waals surface area contributed by atoms with Crippen molar-refractivity contribution in [1.29, 1.82) is 0 Å². The van der Waals surface area contributed by atoms with Gasteiger partial charge in [0, 0.05) is 36.9 Å². The van der Waals surface area contributed by atoms with Crippen molar-refractivity contribution in [1.82, 2.24) is 15.2 Å². The first-order chi connectivity index (χ1) is 18.5. The number of benzene rings is 2. The number of carbonyl (C=O) groups is 2. The summed E-state index contributed by atoms with van der Waals surface area (Å²) in [6.45, 7) is 17.3. The standard InChI is InChI=1S/C14H20ClFN2O.C10H8FN.C3H6O.2C2H6/c1-4-11(5-2)18(3)14(19)17-9-10-7-6-8-12(16)13(10)15;1-7-4-9-5-10(11)3-2-8(9)6-12-7;1-3(2)4;2*1-2/h6-8,11H,4-5,9H2,1-3H3,(H,17,19);2-6H,1H3;1-2H3;2*1-2H3. The Morgan fingerprint density at radius 1 is 0.974 bits per heavy atom. The van der Waals surface area contributed by atoms with Crippen molar-refractivity contribution in [2.24, 2.45) is 0 Å². The normalized spacial score (nSPS) is 9.38. The van der Waals surface area contributed by atoms with Gasteiger partial charge in [-0.3, -0.25) is 4.98 Å². The molecule has 1 heterocycles. The first-order valence-electron chi connectivity index (χ1n) is 13.4. The van der Waals surface area contributed by atoms with Crippen LogP contribution in [-0.4, -0.2) is 34.8 Å². The number of urea groups is 1. The Morgan fingerprint density at radius 2 is 1.54 bits per heavy atom. The molecule has 0 saturated carbocycles. The van der Waals surface area contributed by atoms with Gasteiger partial charge in [0.2, 0.25) is 0 Å². The van der Waals surface area contributed by atoms with E-state index in [4.69, 9.17) is 11.6 Å². The van der Waals surface area contributed by atoms with Crippen LogP contribution in [0.5, 0.6) is 0 Å². The summed E-state index contributed by atoms with van der Waals surface area (Å²) < 4.78 is 26.0. The molecule has 0 atom stereocenters. The summed E-state index contributed by atoms with van der Waals surface area (Å²) in [5.74, 6) is -0.505. The zero-order chi connectivity index (χ0) is 30.5. The molecule has 0 aliphatic heterocycles. The number of aryl methyl sites for hydroxylation is 1. The molecular weight excluding hydrogens is 520 g/mol. The number of fused-ring (bicyclic) bond motifs is 1. The SMILES string of the molecule is CC.CC.CC(C)=O.CCC(CC)N(C)C(=O)NCc1cccc(F)c1Cl.Cc1cc2cc(F)ccc2cn1. The topological polar surface area (TPSA) is 62.3 Å². The third kappa shape index (κ3) is 15.2. The van der Waals surface area contributed by atoms with Crippen LogP contribution in [-0.2, 0) is 11.3 Å². The van der Waals surface area contributed by atoms with E-state index in [9.17, 15) is 18.4 Å². The lowest BCUT2D eigenvalue weighted by Gasteiger charge is -2.26. The second-order valence-electron chi connectivity index (χ2n) is 8.18. The number of amides is 2. The number of aromatic nitrogens is 1. The number of nitrogens with one attached hydrogen (secondary N) is 1. The van der Waals surface area contributed by atoms with Gasteiger partial charge in [0.05, 0.1) is 5.02 Å². The third-order valence-electron chi connectivity index (χ3n) is 5.09. The van der Waals surface area contributed by atoms with Gasteiger partial charge in [-0.05, 0) is 74.9 Å². The van der Waals surface area contributed by atoms with Gasteiger partial charge in [-0.1, -0.05) is 65.3 Å². The fraction of sp³-hybridized carbons (Fsp3) is 0.452. The van der Waals surface area contributed by atoms with Crippen molar-refractivity contribution in [3.05, 3.63) is 76.6 Å². The van der Waals surface area contributed by atoms with Gasteiger partial charge < -0.3 is 15.0 Å². The van der Waals surface area contributed by atoms with Crippen molar-refractivity contribution >= 4 is 34.2 Å².